The van der Waals surface area contributed by atoms with Gasteiger partial charge in [0.05, 0.1) is 12.2 Å². The van der Waals surface area contributed by atoms with Crippen LogP contribution in [0.25, 0.3) is 0 Å². The molecule has 1 aliphatic heterocycles. The third kappa shape index (κ3) is 3.72. The first kappa shape index (κ1) is 12.4. The smallest absolute Gasteiger partial charge is 0.119 e. The molecule has 0 aromatic heterocycles. The Bertz CT molecular complexity index is 354. The molecule has 17 heavy (non-hydrogen) atoms. The second-order valence-corrected chi connectivity index (χ2v) is 4.64. The summed E-state index contributed by atoms with van der Waals surface area (Å²) >= 11 is 0. The molecule has 3 heteroatoms. The minimum atomic E-state index is 0.253. The fourth-order valence-electron chi connectivity index (χ4n) is 2.15. The summed E-state index contributed by atoms with van der Waals surface area (Å²) in [5.41, 5.74) is 6.77. The average molecular weight is 235 g/mol. The molecule has 1 aromatic carbocycles. The van der Waals surface area contributed by atoms with Gasteiger partial charge in [0, 0.05) is 0 Å². The van der Waals surface area contributed by atoms with Gasteiger partial charge in [-0.25, -0.2) is 0 Å². The van der Waals surface area contributed by atoms with Crippen LogP contribution in [0.4, 0.5) is 0 Å². The molecule has 2 rings (SSSR count). The number of benzene rings is 1. The number of hydrogen-bond acceptors (Lipinski definition) is 3. The van der Waals surface area contributed by atoms with Gasteiger partial charge < -0.3 is 15.2 Å². The first-order valence-electron chi connectivity index (χ1n) is 6.35. The highest BCUT2D eigenvalue weighted by molar-refractivity contribution is 5.28. The van der Waals surface area contributed by atoms with Crippen LogP contribution in [0.3, 0.4) is 0 Å². The molecule has 1 aliphatic rings. The minimum absolute atomic E-state index is 0.253. The number of rotatable bonds is 5. The van der Waals surface area contributed by atoms with Crippen LogP contribution in [0.1, 0.15) is 25.3 Å². The summed E-state index contributed by atoms with van der Waals surface area (Å²) in [7, 11) is 0. The third-order valence-corrected chi connectivity index (χ3v) is 3.09. The summed E-state index contributed by atoms with van der Waals surface area (Å²) in [6.45, 7) is 3.44. The Labute approximate surface area is 103 Å². The Morgan fingerprint density at radius 2 is 2.29 bits per heavy atom. The molecule has 0 saturated carbocycles. The Morgan fingerprint density at radius 1 is 1.41 bits per heavy atom. The van der Waals surface area contributed by atoms with Crippen molar-refractivity contribution in [3.63, 3.8) is 0 Å². The molecule has 2 unspecified atom stereocenters. The van der Waals surface area contributed by atoms with E-state index in [-0.39, 0.29) is 6.10 Å². The van der Waals surface area contributed by atoms with E-state index in [1.807, 2.05) is 12.1 Å². The van der Waals surface area contributed by atoms with Crippen molar-refractivity contribution in [3.05, 3.63) is 29.8 Å². The van der Waals surface area contributed by atoms with Crippen LogP contribution in [0.5, 0.6) is 5.75 Å². The Balaban J connectivity index is 1.83. The van der Waals surface area contributed by atoms with Crippen molar-refractivity contribution in [2.45, 2.75) is 38.4 Å². The summed E-state index contributed by atoms with van der Waals surface area (Å²) in [6.07, 6.45) is 3.77. The van der Waals surface area contributed by atoms with Gasteiger partial charge in [-0.05, 0) is 50.4 Å². The summed E-state index contributed by atoms with van der Waals surface area (Å²) in [5.74, 6) is 0.916. The highest BCUT2D eigenvalue weighted by atomic mass is 16.5. The molecule has 2 N–H and O–H groups in total. The molecule has 3 nitrogen and oxygen atoms in total. The van der Waals surface area contributed by atoms with Gasteiger partial charge >= 0.3 is 0 Å². The fraction of sp³-hybridized carbons (Fsp3) is 0.571. The SMILES string of the molecule is CC1CCC(COc2cccc(CCN)c2)O1. The molecule has 2 atom stereocenters. The number of ether oxygens (including phenoxy) is 2. The first-order chi connectivity index (χ1) is 8.28. The number of nitrogens with two attached hydrogens (primary N) is 1. The van der Waals surface area contributed by atoms with Gasteiger partial charge in [-0.2, -0.15) is 0 Å². The zero-order chi connectivity index (χ0) is 12.1. The van der Waals surface area contributed by atoms with E-state index in [0.29, 0.717) is 19.3 Å². The standard InChI is InChI=1S/C14H21NO2/c1-11-5-6-14(17-11)10-16-13-4-2-3-12(9-13)7-8-15/h2-4,9,11,14H,5-8,10,15H2,1H3. The van der Waals surface area contributed by atoms with Crippen LogP contribution >= 0.6 is 0 Å². The van der Waals surface area contributed by atoms with E-state index in [1.54, 1.807) is 0 Å². The third-order valence-electron chi connectivity index (χ3n) is 3.09. The monoisotopic (exact) mass is 235 g/mol. The molecule has 0 radical (unpaired) electrons. The minimum Gasteiger partial charge on any atom is -0.491 e. The van der Waals surface area contributed by atoms with Gasteiger partial charge in [0.15, 0.2) is 0 Å². The summed E-state index contributed by atoms with van der Waals surface area (Å²) in [4.78, 5) is 0. The zero-order valence-corrected chi connectivity index (χ0v) is 10.4. The lowest BCUT2D eigenvalue weighted by molar-refractivity contribution is 0.0264. The van der Waals surface area contributed by atoms with Crippen LogP contribution in [0.15, 0.2) is 24.3 Å². The van der Waals surface area contributed by atoms with Crippen molar-refractivity contribution >= 4 is 0 Å². The van der Waals surface area contributed by atoms with Crippen molar-refractivity contribution in [2.24, 2.45) is 5.73 Å². The summed E-state index contributed by atoms with van der Waals surface area (Å²) < 4.78 is 11.5. The van der Waals surface area contributed by atoms with E-state index in [0.717, 1.165) is 25.0 Å². The molecule has 0 aliphatic carbocycles. The van der Waals surface area contributed by atoms with Crippen LogP contribution in [-0.2, 0) is 11.2 Å². The maximum absolute atomic E-state index is 5.76. The van der Waals surface area contributed by atoms with Gasteiger partial charge in [-0.3, -0.25) is 0 Å². The molecule has 0 spiro atoms. The van der Waals surface area contributed by atoms with Crippen molar-refractivity contribution < 1.29 is 9.47 Å². The van der Waals surface area contributed by atoms with Crippen LogP contribution in [0.2, 0.25) is 0 Å². The Morgan fingerprint density at radius 3 is 3.00 bits per heavy atom. The lowest BCUT2D eigenvalue weighted by Gasteiger charge is -2.13. The predicted octanol–water partition coefficient (Wildman–Crippen LogP) is 2.13. The highest BCUT2D eigenvalue weighted by Crippen LogP contribution is 2.21. The predicted molar refractivity (Wildman–Crippen MR) is 68.3 cm³/mol. The quantitative estimate of drug-likeness (QED) is 0.850. The molecule has 1 heterocycles. The van der Waals surface area contributed by atoms with Crippen LogP contribution < -0.4 is 10.5 Å². The van der Waals surface area contributed by atoms with Crippen molar-refractivity contribution in [3.8, 4) is 5.75 Å². The molecule has 1 aromatic rings. The van der Waals surface area contributed by atoms with E-state index in [9.17, 15) is 0 Å². The molecule has 0 amide bonds. The molecule has 1 saturated heterocycles. The zero-order valence-electron chi connectivity index (χ0n) is 10.4. The van der Waals surface area contributed by atoms with Crippen LogP contribution in [-0.4, -0.2) is 25.4 Å². The van der Waals surface area contributed by atoms with E-state index >= 15 is 0 Å². The van der Waals surface area contributed by atoms with Gasteiger partial charge in [0.2, 0.25) is 0 Å². The Kier molecular flexibility index (Phi) is 4.40. The fourth-order valence-corrected chi connectivity index (χ4v) is 2.15. The maximum Gasteiger partial charge on any atom is 0.119 e. The lowest BCUT2D eigenvalue weighted by Crippen LogP contribution is -2.17. The van der Waals surface area contributed by atoms with Gasteiger partial charge in [-0.1, -0.05) is 12.1 Å². The van der Waals surface area contributed by atoms with Crippen molar-refractivity contribution in [1.29, 1.82) is 0 Å². The topological polar surface area (TPSA) is 44.5 Å². The molecule has 94 valence electrons. The summed E-state index contributed by atoms with van der Waals surface area (Å²) in [6, 6.07) is 8.13. The molecular formula is C14H21NO2. The van der Waals surface area contributed by atoms with Gasteiger partial charge in [0.25, 0.3) is 0 Å². The Hall–Kier alpha value is -1.06. The van der Waals surface area contributed by atoms with E-state index in [1.165, 1.54) is 5.56 Å². The van der Waals surface area contributed by atoms with Crippen LogP contribution in [0, 0.1) is 0 Å². The summed E-state index contributed by atoms with van der Waals surface area (Å²) in [5, 5.41) is 0. The second-order valence-electron chi connectivity index (χ2n) is 4.64. The van der Waals surface area contributed by atoms with Crippen molar-refractivity contribution in [2.75, 3.05) is 13.2 Å². The second kappa shape index (κ2) is 6.03. The van der Waals surface area contributed by atoms with E-state index in [2.05, 4.69) is 19.1 Å². The largest absolute Gasteiger partial charge is 0.491 e. The number of hydrogen-bond donors (Lipinski definition) is 1. The van der Waals surface area contributed by atoms with E-state index < -0.39 is 0 Å². The average Bonchev–Trinajstić information content (AvgIpc) is 2.74. The normalized spacial score (nSPS) is 23.9. The van der Waals surface area contributed by atoms with Gasteiger partial charge in [-0.15, -0.1) is 0 Å². The van der Waals surface area contributed by atoms with Gasteiger partial charge in [0.1, 0.15) is 12.4 Å². The van der Waals surface area contributed by atoms with Crippen molar-refractivity contribution in [1.82, 2.24) is 0 Å². The highest BCUT2D eigenvalue weighted by Gasteiger charge is 2.22. The molecule has 0 bridgehead atoms. The van der Waals surface area contributed by atoms with E-state index in [4.69, 9.17) is 15.2 Å². The molecule has 1 fully saturated rings. The lowest BCUT2D eigenvalue weighted by atomic mass is 10.1. The molecular weight excluding hydrogens is 214 g/mol. The maximum atomic E-state index is 5.76. The first-order valence-corrected chi connectivity index (χ1v) is 6.35.